The highest BCUT2D eigenvalue weighted by Crippen LogP contribution is 2.15. The van der Waals surface area contributed by atoms with Gasteiger partial charge in [0.15, 0.2) is 0 Å². The molecule has 5 nitrogen and oxygen atoms in total. The first-order valence-electron chi connectivity index (χ1n) is 4.44. The summed E-state index contributed by atoms with van der Waals surface area (Å²) in [5, 5.41) is 19.9. The van der Waals surface area contributed by atoms with E-state index in [-0.39, 0.29) is 6.61 Å². The van der Waals surface area contributed by atoms with Crippen LogP contribution in [-0.4, -0.2) is 33.4 Å². The average molecular weight is 225 g/mol. The quantitative estimate of drug-likeness (QED) is 0.817. The summed E-state index contributed by atoms with van der Waals surface area (Å²) < 4.78 is 0. The number of hydrogen-bond donors (Lipinski definition) is 2. The summed E-state index contributed by atoms with van der Waals surface area (Å²) in [6, 6.07) is 5.21. The molecule has 0 radical (unpaired) electrons. The van der Waals surface area contributed by atoms with E-state index < -0.39 is 0 Å². The fourth-order valence-electron chi connectivity index (χ4n) is 1.15. The van der Waals surface area contributed by atoms with Gasteiger partial charge in [-0.1, -0.05) is 11.6 Å². The number of aliphatic hydroxyl groups excluding tert-OH is 1. The maximum atomic E-state index is 8.63. The van der Waals surface area contributed by atoms with Crippen molar-refractivity contribution in [2.45, 2.75) is 0 Å². The Hall–Kier alpha value is -1.46. The molecule has 0 saturated carbocycles. The first-order chi connectivity index (χ1) is 7.29. The lowest BCUT2D eigenvalue weighted by atomic mass is 10.3. The Kier molecular flexibility index (Phi) is 2.94. The van der Waals surface area contributed by atoms with Crippen LogP contribution in [0, 0.1) is 0 Å². The van der Waals surface area contributed by atoms with Crippen molar-refractivity contribution in [3.63, 3.8) is 0 Å². The van der Waals surface area contributed by atoms with Crippen molar-refractivity contribution < 1.29 is 5.11 Å². The summed E-state index contributed by atoms with van der Waals surface area (Å²) >= 11 is 5.83. The molecule has 0 unspecified atom stereocenters. The highest BCUT2D eigenvalue weighted by atomic mass is 35.5. The second kappa shape index (κ2) is 4.37. The van der Waals surface area contributed by atoms with Crippen LogP contribution in [0.25, 0.3) is 11.0 Å². The van der Waals surface area contributed by atoms with Crippen LogP contribution in [0.5, 0.6) is 0 Å². The van der Waals surface area contributed by atoms with Gasteiger partial charge in [-0.05, 0) is 18.2 Å². The van der Waals surface area contributed by atoms with E-state index >= 15 is 0 Å². The smallest absolute Gasteiger partial charge is 0.243 e. The third-order valence-corrected chi connectivity index (χ3v) is 2.05. The second-order valence-corrected chi connectivity index (χ2v) is 3.36. The lowest BCUT2D eigenvalue weighted by Gasteiger charge is -2.02. The number of hydrogen-bond acceptors (Lipinski definition) is 5. The molecule has 0 aliphatic heterocycles. The van der Waals surface area contributed by atoms with Gasteiger partial charge in [0, 0.05) is 11.6 Å². The first-order valence-corrected chi connectivity index (χ1v) is 4.82. The summed E-state index contributed by atoms with van der Waals surface area (Å²) in [5.74, 6) is 0.388. The molecule has 0 spiro atoms. The molecule has 6 heteroatoms. The first kappa shape index (κ1) is 10.1. The van der Waals surface area contributed by atoms with E-state index in [1.807, 2.05) is 0 Å². The zero-order valence-electron chi connectivity index (χ0n) is 7.81. The number of rotatable bonds is 3. The highest BCUT2D eigenvalue weighted by molar-refractivity contribution is 6.31. The van der Waals surface area contributed by atoms with Gasteiger partial charge < -0.3 is 10.4 Å². The SMILES string of the molecule is OCCNc1nnc2ccc(Cl)cc2n1. The molecule has 2 aromatic rings. The van der Waals surface area contributed by atoms with Gasteiger partial charge in [0.1, 0.15) is 5.52 Å². The Balaban J connectivity index is 2.36. The van der Waals surface area contributed by atoms with Crippen LogP contribution in [0.15, 0.2) is 18.2 Å². The Bertz CT molecular complexity index is 477. The fraction of sp³-hybridized carbons (Fsp3) is 0.222. The molecule has 1 aromatic carbocycles. The normalized spacial score (nSPS) is 10.5. The number of halogens is 1. The van der Waals surface area contributed by atoms with E-state index in [2.05, 4.69) is 20.5 Å². The van der Waals surface area contributed by atoms with E-state index in [0.717, 1.165) is 0 Å². The molecular formula is C9H9ClN4O. The Morgan fingerprint density at radius 3 is 2.93 bits per heavy atom. The number of nitrogens with zero attached hydrogens (tertiary/aromatic N) is 3. The number of aromatic nitrogens is 3. The van der Waals surface area contributed by atoms with Gasteiger partial charge in [-0.3, -0.25) is 0 Å². The maximum Gasteiger partial charge on any atom is 0.243 e. The van der Waals surface area contributed by atoms with Crippen LogP contribution >= 0.6 is 11.6 Å². The van der Waals surface area contributed by atoms with Gasteiger partial charge in [-0.15, -0.1) is 10.2 Å². The predicted molar refractivity (Wildman–Crippen MR) is 57.9 cm³/mol. The minimum absolute atomic E-state index is 0.0247. The standard InChI is InChI=1S/C9H9ClN4O/c10-6-1-2-7-8(5-6)12-9(14-13-7)11-3-4-15/h1-2,5,15H,3-4H2,(H,11,12,14). The van der Waals surface area contributed by atoms with E-state index in [1.165, 1.54) is 0 Å². The third kappa shape index (κ3) is 2.31. The van der Waals surface area contributed by atoms with E-state index in [1.54, 1.807) is 18.2 Å². The third-order valence-electron chi connectivity index (χ3n) is 1.81. The van der Waals surface area contributed by atoms with Crippen LogP contribution in [0.1, 0.15) is 0 Å². The van der Waals surface area contributed by atoms with Crippen molar-refractivity contribution in [1.82, 2.24) is 15.2 Å². The molecule has 1 aromatic heterocycles. The van der Waals surface area contributed by atoms with E-state index in [9.17, 15) is 0 Å². The molecule has 2 N–H and O–H groups in total. The van der Waals surface area contributed by atoms with Gasteiger partial charge in [0.25, 0.3) is 0 Å². The number of nitrogens with one attached hydrogen (secondary N) is 1. The van der Waals surface area contributed by atoms with Crippen LogP contribution in [-0.2, 0) is 0 Å². The molecule has 0 amide bonds. The number of aliphatic hydroxyl groups is 1. The molecule has 78 valence electrons. The molecule has 0 aliphatic carbocycles. The zero-order valence-corrected chi connectivity index (χ0v) is 8.57. The van der Waals surface area contributed by atoms with Gasteiger partial charge in [-0.2, -0.15) is 0 Å². The van der Waals surface area contributed by atoms with Crippen molar-refractivity contribution in [3.05, 3.63) is 23.2 Å². The second-order valence-electron chi connectivity index (χ2n) is 2.92. The summed E-state index contributed by atoms with van der Waals surface area (Å²) in [7, 11) is 0. The van der Waals surface area contributed by atoms with Crippen molar-refractivity contribution in [1.29, 1.82) is 0 Å². The van der Waals surface area contributed by atoms with Crippen LogP contribution in [0.2, 0.25) is 5.02 Å². The summed E-state index contributed by atoms with van der Waals surface area (Å²) in [5.41, 5.74) is 1.37. The number of fused-ring (bicyclic) bond motifs is 1. The molecular weight excluding hydrogens is 216 g/mol. The van der Waals surface area contributed by atoms with Crippen molar-refractivity contribution >= 4 is 28.6 Å². The molecule has 2 rings (SSSR count). The summed E-state index contributed by atoms with van der Waals surface area (Å²) in [6.07, 6.45) is 0. The average Bonchev–Trinajstić information content (AvgIpc) is 2.25. The van der Waals surface area contributed by atoms with Crippen molar-refractivity contribution in [3.8, 4) is 0 Å². The minimum atomic E-state index is 0.0247. The summed E-state index contributed by atoms with van der Waals surface area (Å²) in [4.78, 5) is 4.19. The van der Waals surface area contributed by atoms with Crippen LogP contribution < -0.4 is 5.32 Å². The monoisotopic (exact) mass is 224 g/mol. The highest BCUT2D eigenvalue weighted by Gasteiger charge is 2.01. The van der Waals surface area contributed by atoms with E-state index in [0.29, 0.717) is 28.5 Å². The van der Waals surface area contributed by atoms with Crippen molar-refractivity contribution in [2.24, 2.45) is 0 Å². The topological polar surface area (TPSA) is 70.9 Å². The molecule has 0 saturated heterocycles. The van der Waals surface area contributed by atoms with E-state index in [4.69, 9.17) is 16.7 Å². The zero-order chi connectivity index (χ0) is 10.7. The number of anilines is 1. The van der Waals surface area contributed by atoms with Gasteiger partial charge >= 0.3 is 0 Å². The molecule has 0 bridgehead atoms. The minimum Gasteiger partial charge on any atom is -0.395 e. The molecule has 0 atom stereocenters. The van der Waals surface area contributed by atoms with Crippen LogP contribution in [0.4, 0.5) is 5.95 Å². The van der Waals surface area contributed by atoms with Gasteiger partial charge in [0.05, 0.1) is 12.1 Å². The number of benzene rings is 1. The fourth-order valence-corrected chi connectivity index (χ4v) is 1.32. The molecule has 0 aliphatic rings. The lowest BCUT2D eigenvalue weighted by molar-refractivity contribution is 0.310. The maximum absolute atomic E-state index is 8.63. The van der Waals surface area contributed by atoms with Crippen LogP contribution in [0.3, 0.4) is 0 Å². The lowest BCUT2D eigenvalue weighted by Crippen LogP contribution is -2.09. The Labute approximate surface area is 91.1 Å². The Morgan fingerprint density at radius 2 is 2.13 bits per heavy atom. The van der Waals surface area contributed by atoms with Crippen molar-refractivity contribution in [2.75, 3.05) is 18.5 Å². The Morgan fingerprint density at radius 1 is 1.27 bits per heavy atom. The largest absolute Gasteiger partial charge is 0.395 e. The summed E-state index contributed by atoms with van der Waals surface area (Å²) in [6.45, 7) is 0.421. The van der Waals surface area contributed by atoms with Gasteiger partial charge in [-0.25, -0.2) is 4.98 Å². The predicted octanol–water partition coefficient (Wildman–Crippen LogP) is 1.08. The van der Waals surface area contributed by atoms with Gasteiger partial charge in [0.2, 0.25) is 5.95 Å². The molecule has 1 heterocycles. The molecule has 0 fully saturated rings. The molecule has 15 heavy (non-hydrogen) atoms.